The number of rotatable bonds is 3. The first-order valence-corrected chi connectivity index (χ1v) is 4.83. The minimum Gasteiger partial charge on any atom is -0.129 e. The maximum atomic E-state index is 3.72. The van der Waals surface area contributed by atoms with Crippen molar-refractivity contribution in [3.8, 4) is 0 Å². The van der Waals surface area contributed by atoms with E-state index in [0.717, 1.165) is 6.42 Å². The first-order valence-electron chi connectivity index (χ1n) is 3.61. The van der Waals surface area contributed by atoms with Gasteiger partial charge in [0.2, 0.25) is 0 Å². The van der Waals surface area contributed by atoms with Gasteiger partial charge < -0.3 is 0 Å². The molecule has 1 rings (SSSR count). The van der Waals surface area contributed by atoms with Crippen LogP contribution in [-0.4, -0.2) is 6.26 Å². The Morgan fingerprint density at radius 2 is 2.18 bits per heavy atom. The second-order valence-corrected chi connectivity index (χ2v) is 3.15. The number of allylic oxidation sites excluding steroid dienone is 1. The molecule has 0 aliphatic rings. The summed E-state index contributed by atoms with van der Waals surface area (Å²) in [7, 11) is 0. The monoisotopic (exact) mass is 164 g/mol. The Balaban J connectivity index is 2.92. The molecule has 0 atom stereocenters. The SMILES string of the molecule is C=CCc1ccccc1SC. The first kappa shape index (κ1) is 8.41. The molecule has 11 heavy (non-hydrogen) atoms. The van der Waals surface area contributed by atoms with Gasteiger partial charge in [-0.25, -0.2) is 0 Å². The normalized spacial score (nSPS) is 9.55. The molecule has 58 valence electrons. The maximum absolute atomic E-state index is 3.72. The highest BCUT2D eigenvalue weighted by Crippen LogP contribution is 2.19. The summed E-state index contributed by atoms with van der Waals surface area (Å²) >= 11 is 1.79. The summed E-state index contributed by atoms with van der Waals surface area (Å²) in [6, 6.07) is 8.42. The average molecular weight is 164 g/mol. The summed E-state index contributed by atoms with van der Waals surface area (Å²) in [5.74, 6) is 0. The van der Waals surface area contributed by atoms with Crippen LogP contribution < -0.4 is 0 Å². The third-order valence-corrected chi connectivity index (χ3v) is 2.39. The standard InChI is InChI=1S/C10H12S/c1-3-6-9-7-4-5-8-10(9)11-2/h3-5,7-8H,1,6H2,2H3. The Bertz CT molecular complexity index is 240. The van der Waals surface area contributed by atoms with E-state index in [4.69, 9.17) is 0 Å². The van der Waals surface area contributed by atoms with E-state index < -0.39 is 0 Å². The van der Waals surface area contributed by atoms with Gasteiger partial charge >= 0.3 is 0 Å². The fourth-order valence-corrected chi connectivity index (χ4v) is 1.66. The van der Waals surface area contributed by atoms with Crippen LogP contribution in [0, 0.1) is 0 Å². The van der Waals surface area contributed by atoms with Crippen LogP contribution in [0.3, 0.4) is 0 Å². The molecule has 0 saturated carbocycles. The zero-order valence-electron chi connectivity index (χ0n) is 6.71. The molecule has 1 aromatic rings. The van der Waals surface area contributed by atoms with Gasteiger partial charge in [0.15, 0.2) is 0 Å². The minimum absolute atomic E-state index is 0.969. The van der Waals surface area contributed by atoms with Crippen molar-refractivity contribution in [3.05, 3.63) is 42.5 Å². The summed E-state index contributed by atoms with van der Waals surface area (Å²) in [5, 5.41) is 0. The van der Waals surface area contributed by atoms with E-state index in [9.17, 15) is 0 Å². The molecule has 0 radical (unpaired) electrons. The van der Waals surface area contributed by atoms with Gasteiger partial charge in [-0.15, -0.1) is 18.3 Å². The van der Waals surface area contributed by atoms with E-state index in [1.165, 1.54) is 10.5 Å². The minimum atomic E-state index is 0.969. The quantitative estimate of drug-likeness (QED) is 0.488. The van der Waals surface area contributed by atoms with Gasteiger partial charge in [0.05, 0.1) is 0 Å². The number of hydrogen-bond donors (Lipinski definition) is 0. The van der Waals surface area contributed by atoms with E-state index in [1.807, 2.05) is 6.08 Å². The highest BCUT2D eigenvalue weighted by Gasteiger charge is 1.95. The largest absolute Gasteiger partial charge is 0.129 e. The summed E-state index contributed by atoms with van der Waals surface area (Å²) in [5.41, 5.74) is 1.37. The fourth-order valence-electron chi connectivity index (χ4n) is 1.03. The van der Waals surface area contributed by atoms with Crippen LogP contribution in [0.5, 0.6) is 0 Å². The molecule has 0 aliphatic carbocycles. The Morgan fingerprint density at radius 1 is 1.45 bits per heavy atom. The van der Waals surface area contributed by atoms with Crippen molar-refractivity contribution in [2.75, 3.05) is 6.26 Å². The van der Waals surface area contributed by atoms with E-state index in [-0.39, 0.29) is 0 Å². The molecule has 0 amide bonds. The molecule has 0 nitrogen and oxygen atoms in total. The summed E-state index contributed by atoms with van der Waals surface area (Å²) in [4.78, 5) is 1.35. The average Bonchev–Trinajstić information content (AvgIpc) is 2.06. The molecule has 0 bridgehead atoms. The molecule has 0 fully saturated rings. The summed E-state index contributed by atoms with van der Waals surface area (Å²) in [6.45, 7) is 3.72. The third kappa shape index (κ3) is 2.12. The molecule has 0 N–H and O–H groups in total. The maximum Gasteiger partial charge on any atom is 0.0104 e. The van der Waals surface area contributed by atoms with Crippen LogP contribution in [0.15, 0.2) is 41.8 Å². The first-order chi connectivity index (χ1) is 5.38. The highest BCUT2D eigenvalue weighted by atomic mass is 32.2. The Hall–Kier alpha value is -0.690. The van der Waals surface area contributed by atoms with E-state index in [1.54, 1.807) is 11.8 Å². The molecule has 0 spiro atoms. The summed E-state index contributed by atoms with van der Waals surface area (Å²) in [6.07, 6.45) is 5.01. The Kier molecular flexibility index (Phi) is 3.24. The zero-order chi connectivity index (χ0) is 8.10. The second-order valence-electron chi connectivity index (χ2n) is 2.30. The second kappa shape index (κ2) is 4.24. The van der Waals surface area contributed by atoms with Crippen LogP contribution >= 0.6 is 11.8 Å². The van der Waals surface area contributed by atoms with Gasteiger partial charge in [-0.3, -0.25) is 0 Å². The Morgan fingerprint density at radius 3 is 2.82 bits per heavy atom. The lowest BCUT2D eigenvalue weighted by molar-refractivity contribution is 1.18. The fraction of sp³-hybridized carbons (Fsp3) is 0.200. The predicted octanol–water partition coefficient (Wildman–Crippen LogP) is 3.14. The van der Waals surface area contributed by atoms with Gasteiger partial charge in [-0.2, -0.15) is 0 Å². The van der Waals surface area contributed by atoms with Crippen molar-refractivity contribution in [1.29, 1.82) is 0 Å². The van der Waals surface area contributed by atoms with Crippen LogP contribution in [0.1, 0.15) is 5.56 Å². The van der Waals surface area contributed by atoms with Crippen molar-refractivity contribution in [3.63, 3.8) is 0 Å². The zero-order valence-corrected chi connectivity index (χ0v) is 7.53. The van der Waals surface area contributed by atoms with Gasteiger partial charge in [-0.1, -0.05) is 24.3 Å². The van der Waals surface area contributed by atoms with Crippen molar-refractivity contribution >= 4 is 11.8 Å². The molecule has 0 aromatic heterocycles. The third-order valence-electron chi connectivity index (χ3n) is 1.56. The molecule has 0 unspecified atom stereocenters. The van der Waals surface area contributed by atoms with E-state index in [2.05, 4.69) is 37.1 Å². The number of benzene rings is 1. The van der Waals surface area contributed by atoms with Gasteiger partial charge in [-0.05, 0) is 24.3 Å². The Labute approximate surface area is 72.3 Å². The van der Waals surface area contributed by atoms with Crippen molar-refractivity contribution in [2.45, 2.75) is 11.3 Å². The lowest BCUT2D eigenvalue weighted by atomic mass is 10.1. The smallest absolute Gasteiger partial charge is 0.0104 e. The van der Waals surface area contributed by atoms with E-state index >= 15 is 0 Å². The molecular formula is C10H12S. The molecule has 0 aliphatic heterocycles. The van der Waals surface area contributed by atoms with Gasteiger partial charge in [0, 0.05) is 4.90 Å². The number of thioether (sulfide) groups is 1. The lowest BCUT2D eigenvalue weighted by Gasteiger charge is -2.02. The van der Waals surface area contributed by atoms with Gasteiger partial charge in [0.1, 0.15) is 0 Å². The van der Waals surface area contributed by atoms with E-state index in [0.29, 0.717) is 0 Å². The molecule has 1 aromatic carbocycles. The van der Waals surface area contributed by atoms with Crippen molar-refractivity contribution in [2.24, 2.45) is 0 Å². The number of hydrogen-bond acceptors (Lipinski definition) is 1. The highest BCUT2D eigenvalue weighted by molar-refractivity contribution is 7.98. The van der Waals surface area contributed by atoms with Crippen LogP contribution in [0.4, 0.5) is 0 Å². The van der Waals surface area contributed by atoms with Crippen LogP contribution in [-0.2, 0) is 6.42 Å². The van der Waals surface area contributed by atoms with Crippen molar-refractivity contribution < 1.29 is 0 Å². The molecule has 1 heteroatoms. The summed E-state index contributed by atoms with van der Waals surface area (Å²) < 4.78 is 0. The molecular weight excluding hydrogens is 152 g/mol. The van der Waals surface area contributed by atoms with Crippen LogP contribution in [0.25, 0.3) is 0 Å². The molecule has 0 heterocycles. The molecule has 0 saturated heterocycles. The van der Waals surface area contributed by atoms with Crippen LogP contribution in [0.2, 0.25) is 0 Å². The van der Waals surface area contributed by atoms with Crippen molar-refractivity contribution in [1.82, 2.24) is 0 Å². The predicted molar refractivity (Wildman–Crippen MR) is 52.1 cm³/mol. The topological polar surface area (TPSA) is 0 Å². The lowest BCUT2D eigenvalue weighted by Crippen LogP contribution is -1.83. The van der Waals surface area contributed by atoms with Gasteiger partial charge in [0.25, 0.3) is 0 Å².